The molecule has 0 aliphatic heterocycles. The number of aliphatic hydroxyl groups excluding tert-OH is 1. The number of hydrogen-bond donors (Lipinski definition) is 2. The number of benzene rings is 1. The van der Waals surface area contributed by atoms with Crippen LogP contribution in [0.15, 0.2) is 60.8 Å². The summed E-state index contributed by atoms with van der Waals surface area (Å²) in [6, 6.07) is 20.1. The number of aromatic nitrogens is 4. The van der Waals surface area contributed by atoms with Gasteiger partial charge in [0, 0.05) is 10.9 Å². The topological polar surface area (TPSA) is 114 Å². The Bertz CT molecular complexity index is 1390. The molecule has 0 radical (unpaired) electrons. The van der Waals surface area contributed by atoms with Crippen LogP contribution >= 0.6 is 0 Å². The van der Waals surface area contributed by atoms with Crippen LogP contribution in [-0.4, -0.2) is 31.0 Å². The maximum Gasteiger partial charge on any atom is 0.154 e. The van der Waals surface area contributed by atoms with Gasteiger partial charge in [-0.25, -0.2) is 9.67 Å². The van der Waals surface area contributed by atoms with Crippen LogP contribution in [0, 0.1) is 17.2 Å². The molecule has 6 rings (SSSR count). The van der Waals surface area contributed by atoms with Crippen molar-refractivity contribution in [2.24, 2.45) is 11.7 Å². The van der Waals surface area contributed by atoms with Gasteiger partial charge < -0.3 is 10.8 Å². The molecule has 2 saturated carbocycles. The van der Waals surface area contributed by atoms with Gasteiger partial charge in [-0.05, 0) is 61.9 Å². The Hall–Kier alpha value is -3.60. The second-order valence-corrected chi connectivity index (χ2v) is 9.26. The van der Waals surface area contributed by atoms with E-state index >= 15 is 0 Å². The van der Waals surface area contributed by atoms with Crippen molar-refractivity contribution in [3.63, 3.8) is 0 Å². The quantitative estimate of drug-likeness (QED) is 0.492. The fourth-order valence-electron chi connectivity index (χ4n) is 4.68. The highest BCUT2D eigenvalue weighted by molar-refractivity contribution is 5.84. The lowest BCUT2D eigenvalue weighted by molar-refractivity contribution is 0.0302. The van der Waals surface area contributed by atoms with Crippen molar-refractivity contribution >= 4 is 10.9 Å². The zero-order chi connectivity index (χ0) is 22.6. The Morgan fingerprint density at radius 1 is 1.09 bits per heavy atom. The number of nitrogens with zero attached hydrogens (tertiary/aromatic N) is 5. The highest BCUT2D eigenvalue weighted by Crippen LogP contribution is 2.46. The zero-order valence-electron chi connectivity index (χ0n) is 18.1. The van der Waals surface area contributed by atoms with E-state index in [1.807, 2.05) is 59.4 Å². The second-order valence-electron chi connectivity index (χ2n) is 9.26. The summed E-state index contributed by atoms with van der Waals surface area (Å²) in [6.07, 6.45) is 4.77. The average molecular weight is 437 g/mol. The van der Waals surface area contributed by atoms with E-state index in [-0.39, 0.29) is 18.1 Å². The maximum atomic E-state index is 9.62. The fraction of sp³-hybridized carbons (Fsp3) is 0.308. The summed E-state index contributed by atoms with van der Waals surface area (Å²) in [5.41, 5.74) is 10.4. The van der Waals surface area contributed by atoms with Crippen LogP contribution in [0.4, 0.5) is 0 Å². The molecule has 33 heavy (non-hydrogen) atoms. The van der Waals surface area contributed by atoms with Gasteiger partial charge in [0.15, 0.2) is 5.82 Å². The lowest BCUT2D eigenvalue weighted by Crippen LogP contribution is -2.36. The van der Waals surface area contributed by atoms with E-state index in [1.165, 1.54) is 0 Å². The number of fused-ring (bicyclic) bond motifs is 1. The molecule has 1 unspecified atom stereocenters. The van der Waals surface area contributed by atoms with Crippen molar-refractivity contribution in [2.75, 3.05) is 0 Å². The minimum Gasteiger partial charge on any atom is -0.393 e. The van der Waals surface area contributed by atoms with Crippen LogP contribution in [0.5, 0.6) is 0 Å². The van der Waals surface area contributed by atoms with Gasteiger partial charge in [0.25, 0.3) is 0 Å². The van der Waals surface area contributed by atoms with Gasteiger partial charge in [0.2, 0.25) is 0 Å². The minimum absolute atomic E-state index is 0.176. The lowest BCUT2D eigenvalue weighted by atomic mass is 9.76. The molecule has 0 amide bonds. The number of hydrogen-bond acceptors (Lipinski definition) is 6. The third kappa shape index (κ3) is 3.39. The van der Waals surface area contributed by atoms with Crippen LogP contribution in [0.3, 0.4) is 0 Å². The van der Waals surface area contributed by atoms with Crippen molar-refractivity contribution in [2.45, 2.75) is 43.2 Å². The first-order chi connectivity index (χ1) is 16.1. The summed E-state index contributed by atoms with van der Waals surface area (Å²) < 4.78 is 1.82. The van der Waals surface area contributed by atoms with Crippen LogP contribution < -0.4 is 5.73 Å². The molecule has 7 nitrogen and oxygen atoms in total. The summed E-state index contributed by atoms with van der Waals surface area (Å²) in [5, 5.41) is 24.7. The number of aliphatic hydroxyl groups is 1. The molecular weight excluding hydrogens is 412 g/mol. The molecule has 2 aliphatic rings. The van der Waals surface area contributed by atoms with Crippen molar-refractivity contribution in [1.82, 2.24) is 19.7 Å². The fourth-order valence-corrected chi connectivity index (χ4v) is 4.68. The van der Waals surface area contributed by atoms with Gasteiger partial charge in [-0.1, -0.05) is 24.3 Å². The van der Waals surface area contributed by atoms with E-state index in [4.69, 9.17) is 15.7 Å². The number of nitriles is 1. The Balaban J connectivity index is 1.36. The predicted octanol–water partition coefficient (Wildman–Crippen LogP) is 3.81. The third-order valence-corrected chi connectivity index (χ3v) is 7.04. The summed E-state index contributed by atoms with van der Waals surface area (Å²) in [6.45, 7) is 0. The predicted molar refractivity (Wildman–Crippen MR) is 124 cm³/mol. The van der Waals surface area contributed by atoms with Crippen molar-refractivity contribution < 1.29 is 5.11 Å². The summed E-state index contributed by atoms with van der Waals surface area (Å²) in [4.78, 5) is 9.62. The van der Waals surface area contributed by atoms with Gasteiger partial charge >= 0.3 is 0 Å². The molecule has 2 aliphatic carbocycles. The smallest absolute Gasteiger partial charge is 0.154 e. The largest absolute Gasteiger partial charge is 0.393 e. The molecule has 3 aromatic heterocycles. The number of rotatable bonds is 5. The first kappa shape index (κ1) is 20.0. The van der Waals surface area contributed by atoms with Crippen LogP contribution in [0.25, 0.3) is 28.0 Å². The van der Waals surface area contributed by atoms with Crippen LogP contribution in [0.2, 0.25) is 0 Å². The highest BCUT2D eigenvalue weighted by atomic mass is 16.3. The maximum absolute atomic E-state index is 9.62. The summed E-state index contributed by atoms with van der Waals surface area (Å²) in [7, 11) is 0. The SMILES string of the molecule is N#CC1(c2cccc(-n3ncc4ccc(-c5cccc(C(N)[C@H]6C[C@@H](O)C6)n5)cc43)n2)CC1. The standard InChI is InChI=1S/C26H24N6O/c27-15-26(9-10-26)23-5-2-6-24(31-23)32-22-13-16(7-8-17(22)14-29-32)20-3-1-4-21(30-20)25(28)18-11-19(33)12-18/h1-8,13-14,18-19,25,33H,9-12,28H2/t18-,19+,25?. The molecule has 164 valence electrons. The Kier molecular flexibility index (Phi) is 4.54. The van der Waals surface area contributed by atoms with E-state index in [9.17, 15) is 10.4 Å². The average Bonchev–Trinajstić information content (AvgIpc) is 3.53. The van der Waals surface area contributed by atoms with Gasteiger partial charge in [-0.2, -0.15) is 10.4 Å². The lowest BCUT2D eigenvalue weighted by Gasteiger charge is -2.35. The molecule has 1 aromatic carbocycles. The summed E-state index contributed by atoms with van der Waals surface area (Å²) in [5.74, 6) is 0.974. The minimum atomic E-state index is -0.441. The van der Waals surface area contributed by atoms with E-state index in [0.29, 0.717) is 5.82 Å². The molecule has 7 heteroatoms. The Morgan fingerprint density at radius 3 is 2.67 bits per heavy atom. The molecule has 2 fully saturated rings. The second kappa shape index (κ2) is 7.48. The van der Waals surface area contributed by atoms with Crippen molar-refractivity contribution in [1.29, 1.82) is 5.26 Å². The first-order valence-corrected chi connectivity index (χ1v) is 11.3. The van der Waals surface area contributed by atoms with Gasteiger partial charge in [-0.15, -0.1) is 0 Å². The van der Waals surface area contributed by atoms with E-state index < -0.39 is 5.41 Å². The van der Waals surface area contributed by atoms with E-state index in [1.54, 1.807) is 0 Å². The Morgan fingerprint density at radius 2 is 1.91 bits per heavy atom. The molecule has 3 heterocycles. The molecule has 0 saturated heterocycles. The number of nitrogens with two attached hydrogens (primary N) is 1. The van der Waals surface area contributed by atoms with E-state index in [2.05, 4.69) is 17.2 Å². The van der Waals surface area contributed by atoms with Gasteiger partial charge in [-0.3, -0.25) is 4.98 Å². The van der Waals surface area contributed by atoms with Gasteiger partial charge in [0.05, 0.1) is 52.4 Å². The molecular formula is C26H24N6O. The molecule has 3 N–H and O–H groups in total. The normalized spacial score (nSPS) is 21.8. The molecule has 1 atom stereocenters. The highest BCUT2D eigenvalue weighted by Gasteiger charge is 2.46. The zero-order valence-corrected chi connectivity index (χ0v) is 18.1. The molecule has 0 spiro atoms. The molecule has 0 bridgehead atoms. The van der Waals surface area contributed by atoms with Gasteiger partial charge in [0.1, 0.15) is 0 Å². The van der Waals surface area contributed by atoms with Crippen LogP contribution in [-0.2, 0) is 5.41 Å². The van der Waals surface area contributed by atoms with Crippen molar-refractivity contribution in [3.05, 3.63) is 72.2 Å². The third-order valence-electron chi connectivity index (χ3n) is 7.04. The first-order valence-electron chi connectivity index (χ1n) is 11.3. The monoisotopic (exact) mass is 436 g/mol. The molecule has 4 aromatic rings. The Labute approximate surface area is 191 Å². The van der Waals surface area contributed by atoms with Crippen LogP contribution in [0.1, 0.15) is 43.1 Å². The van der Waals surface area contributed by atoms with E-state index in [0.717, 1.165) is 59.2 Å². The number of pyridine rings is 2. The van der Waals surface area contributed by atoms with Crippen molar-refractivity contribution in [3.8, 4) is 23.1 Å². The summed E-state index contributed by atoms with van der Waals surface area (Å²) >= 11 is 0.